The number of unbranched alkanes of at least 4 members (excludes halogenated alkanes) is 1. The smallest absolute Gasteiger partial charge is 0.326 e. The zero-order valence-corrected chi connectivity index (χ0v) is 15.6. The third-order valence-electron chi connectivity index (χ3n) is 3.59. The molecule has 8 N–H and O–H groups in total. The molecule has 0 rings (SSSR count). The third kappa shape index (κ3) is 9.63. The van der Waals surface area contributed by atoms with Crippen molar-refractivity contribution in [1.82, 2.24) is 10.6 Å². The Balaban J connectivity index is 4.77. The van der Waals surface area contributed by atoms with Crippen LogP contribution >= 0.6 is 11.8 Å². The molecule has 0 bridgehead atoms. The van der Waals surface area contributed by atoms with Crippen molar-refractivity contribution in [3.05, 3.63) is 0 Å². The van der Waals surface area contributed by atoms with E-state index in [0.717, 1.165) is 6.42 Å². The van der Waals surface area contributed by atoms with Crippen molar-refractivity contribution in [3.8, 4) is 0 Å². The van der Waals surface area contributed by atoms with Gasteiger partial charge in [0, 0.05) is 0 Å². The summed E-state index contributed by atoms with van der Waals surface area (Å²) < 4.78 is 0. The number of nitrogens with one attached hydrogen (secondary N) is 2. The molecule has 146 valence electrons. The van der Waals surface area contributed by atoms with Crippen molar-refractivity contribution in [2.45, 2.75) is 56.8 Å². The SMILES string of the molecule is CSCCC(NC(=O)C(NC(=O)C(N)CCCCN)C(C)O)C(=O)O. The topological polar surface area (TPSA) is 168 Å². The summed E-state index contributed by atoms with van der Waals surface area (Å²) in [5, 5.41) is 23.7. The van der Waals surface area contributed by atoms with Crippen LogP contribution in [0.15, 0.2) is 0 Å². The summed E-state index contributed by atoms with van der Waals surface area (Å²) in [6.07, 6.45) is 2.68. The minimum atomic E-state index is -1.27. The fourth-order valence-corrected chi connectivity index (χ4v) is 2.53. The van der Waals surface area contributed by atoms with Gasteiger partial charge < -0.3 is 32.3 Å². The number of thioether (sulfide) groups is 1. The molecule has 0 aliphatic rings. The van der Waals surface area contributed by atoms with Gasteiger partial charge in [0.2, 0.25) is 11.8 Å². The van der Waals surface area contributed by atoms with Crippen molar-refractivity contribution in [2.75, 3.05) is 18.6 Å². The van der Waals surface area contributed by atoms with Crippen LogP contribution in [0.25, 0.3) is 0 Å². The van der Waals surface area contributed by atoms with Crippen LogP contribution in [0.2, 0.25) is 0 Å². The average molecular weight is 378 g/mol. The molecular formula is C15H30N4O5S. The second-order valence-electron chi connectivity index (χ2n) is 5.80. The molecule has 4 unspecified atom stereocenters. The van der Waals surface area contributed by atoms with Crippen molar-refractivity contribution >= 4 is 29.5 Å². The number of carbonyl (C=O) groups is 3. The molecular weight excluding hydrogens is 348 g/mol. The van der Waals surface area contributed by atoms with Crippen LogP contribution in [0.3, 0.4) is 0 Å². The number of carboxylic acid groups (broad SMARTS) is 1. The fraction of sp³-hybridized carbons (Fsp3) is 0.800. The summed E-state index contributed by atoms with van der Waals surface area (Å²) >= 11 is 1.45. The quantitative estimate of drug-likeness (QED) is 0.213. The van der Waals surface area contributed by atoms with Gasteiger partial charge in [-0.1, -0.05) is 6.42 Å². The molecule has 0 fully saturated rings. The first-order chi connectivity index (χ1) is 11.7. The number of aliphatic hydroxyl groups is 1. The van der Waals surface area contributed by atoms with Crippen molar-refractivity contribution in [2.24, 2.45) is 11.5 Å². The van der Waals surface area contributed by atoms with Gasteiger partial charge in [-0.3, -0.25) is 9.59 Å². The zero-order chi connectivity index (χ0) is 19.4. The molecule has 4 atom stereocenters. The van der Waals surface area contributed by atoms with Crippen molar-refractivity contribution in [3.63, 3.8) is 0 Å². The highest BCUT2D eigenvalue weighted by Gasteiger charge is 2.30. The number of aliphatic hydroxyl groups excluding tert-OH is 1. The van der Waals surface area contributed by atoms with Crippen LogP contribution in [0.1, 0.15) is 32.6 Å². The molecule has 0 aliphatic heterocycles. The van der Waals surface area contributed by atoms with Gasteiger partial charge in [0.25, 0.3) is 0 Å². The van der Waals surface area contributed by atoms with E-state index in [1.165, 1.54) is 18.7 Å². The maximum absolute atomic E-state index is 12.3. The first-order valence-corrected chi connectivity index (χ1v) is 9.60. The Morgan fingerprint density at radius 3 is 2.24 bits per heavy atom. The zero-order valence-electron chi connectivity index (χ0n) is 14.7. The third-order valence-corrected chi connectivity index (χ3v) is 4.24. The van der Waals surface area contributed by atoms with Crippen LogP contribution in [-0.2, 0) is 14.4 Å². The predicted molar refractivity (Wildman–Crippen MR) is 97.1 cm³/mol. The van der Waals surface area contributed by atoms with Gasteiger partial charge in [-0.15, -0.1) is 0 Å². The van der Waals surface area contributed by atoms with E-state index in [9.17, 15) is 19.5 Å². The van der Waals surface area contributed by atoms with Gasteiger partial charge in [-0.05, 0) is 44.7 Å². The number of hydrogen-bond acceptors (Lipinski definition) is 7. The Hall–Kier alpha value is -1.36. The second kappa shape index (κ2) is 12.9. The van der Waals surface area contributed by atoms with E-state index in [2.05, 4.69) is 10.6 Å². The molecule has 0 saturated heterocycles. The fourth-order valence-electron chi connectivity index (χ4n) is 2.06. The van der Waals surface area contributed by atoms with Gasteiger partial charge >= 0.3 is 5.97 Å². The van der Waals surface area contributed by atoms with Crippen LogP contribution in [-0.4, -0.2) is 70.8 Å². The van der Waals surface area contributed by atoms with Crippen LogP contribution < -0.4 is 22.1 Å². The van der Waals surface area contributed by atoms with Crippen LogP contribution in [0.5, 0.6) is 0 Å². The highest BCUT2D eigenvalue weighted by atomic mass is 32.2. The lowest BCUT2D eigenvalue weighted by atomic mass is 10.1. The second-order valence-corrected chi connectivity index (χ2v) is 6.78. The van der Waals surface area contributed by atoms with E-state index in [1.54, 1.807) is 0 Å². The van der Waals surface area contributed by atoms with E-state index < -0.39 is 42.0 Å². The number of carbonyl (C=O) groups excluding carboxylic acids is 2. The number of hydrogen-bond donors (Lipinski definition) is 6. The lowest BCUT2D eigenvalue weighted by molar-refractivity contribution is -0.143. The first kappa shape index (κ1) is 23.6. The number of rotatable bonds is 13. The summed E-state index contributed by atoms with van der Waals surface area (Å²) in [5.41, 5.74) is 11.1. The van der Waals surface area contributed by atoms with Crippen molar-refractivity contribution < 1.29 is 24.6 Å². The van der Waals surface area contributed by atoms with Gasteiger partial charge in [-0.25, -0.2) is 4.79 Å². The van der Waals surface area contributed by atoms with Gasteiger partial charge in [-0.2, -0.15) is 11.8 Å². The predicted octanol–water partition coefficient (Wildman–Crippen LogP) is -1.37. The minimum Gasteiger partial charge on any atom is -0.480 e. The summed E-state index contributed by atoms with van der Waals surface area (Å²) in [6, 6.07) is -3.19. The molecule has 0 saturated carbocycles. The summed E-state index contributed by atoms with van der Waals surface area (Å²) in [6.45, 7) is 1.84. The molecule has 0 heterocycles. The maximum atomic E-state index is 12.3. The Labute approximate surface area is 152 Å². The van der Waals surface area contributed by atoms with Crippen LogP contribution in [0, 0.1) is 0 Å². The monoisotopic (exact) mass is 378 g/mol. The molecule has 25 heavy (non-hydrogen) atoms. The molecule has 0 spiro atoms. The van der Waals surface area contributed by atoms with E-state index in [0.29, 0.717) is 25.1 Å². The van der Waals surface area contributed by atoms with Gasteiger partial charge in [0.1, 0.15) is 12.1 Å². The van der Waals surface area contributed by atoms with E-state index in [-0.39, 0.29) is 6.42 Å². The Morgan fingerprint density at radius 2 is 1.76 bits per heavy atom. The molecule has 0 aromatic carbocycles. The summed E-state index contributed by atoms with van der Waals surface area (Å²) in [5.74, 6) is -1.95. The van der Waals surface area contributed by atoms with Crippen molar-refractivity contribution in [1.29, 1.82) is 0 Å². The molecule has 0 aromatic rings. The Kier molecular flexibility index (Phi) is 12.2. The molecule has 2 amide bonds. The Bertz CT molecular complexity index is 436. The van der Waals surface area contributed by atoms with Gasteiger partial charge in [0.15, 0.2) is 0 Å². The molecule has 0 aliphatic carbocycles. The lowest BCUT2D eigenvalue weighted by Crippen LogP contribution is -2.58. The number of aliphatic carboxylic acids is 1. The number of carboxylic acids is 1. The number of nitrogens with two attached hydrogens (primary N) is 2. The minimum absolute atomic E-state index is 0.237. The lowest BCUT2D eigenvalue weighted by Gasteiger charge is -2.24. The average Bonchev–Trinajstić information content (AvgIpc) is 2.55. The van der Waals surface area contributed by atoms with E-state index >= 15 is 0 Å². The number of amides is 2. The van der Waals surface area contributed by atoms with E-state index in [1.807, 2.05) is 6.26 Å². The highest BCUT2D eigenvalue weighted by Crippen LogP contribution is 2.04. The summed E-state index contributed by atoms with van der Waals surface area (Å²) in [4.78, 5) is 35.5. The molecule has 0 radical (unpaired) electrons. The summed E-state index contributed by atoms with van der Waals surface area (Å²) in [7, 11) is 0. The first-order valence-electron chi connectivity index (χ1n) is 8.20. The maximum Gasteiger partial charge on any atom is 0.326 e. The molecule has 0 aromatic heterocycles. The standard InChI is InChI=1S/C15H30N4O5S/c1-9(20)12(19-13(21)10(17)5-3-4-7-16)14(22)18-11(15(23)24)6-8-25-2/h9-12,20H,3-8,16-17H2,1-2H3,(H,18,22)(H,19,21)(H,23,24). The van der Waals surface area contributed by atoms with E-state index in [4.69, 9.17) is 16.6 Å². The normalized spacial score (nSPS) is 15.7. The highest BCUT2D eigenvalue weighted by molar-refractivity contribution is 7.98. The molecule has 10 heteroatoms. The molecule has 9 nitrogen and oxygen atoms in total. The Morgan fingerprint density at radius 1 is 1.12 bits per heavy atom. The van der Waals surface area contributed by atoms with Crippen LogP contribution in [0.4, 0.5) is 0 Å². The largest absolute Gasteiger partial charge is 0.480 e. The van der Waals surface area contributed by atoms with Gasteiger partial charge in [0.05, 0.1) is 12.1 Å².